The summed E-state index contributed by atoms with van der Waals surface area (Å²) in [5.41, 5.74) is 7.41. The zero-order chi connectivity index (χ0) is 29.8. The van der Waals surface area contributed by atoms with Gasteiger partial charge >= 0.3 is 5.97 Å². The van der Waals surface area contributed by atoms with Crippen molar-refractivity contribution in [1.29, 1.82) is 0 Å². The number of carbonyl (C=O) groups is 4. The molecular formula is C28H38N4O7S. The molecule has 0 radical (unpaired) electrons. The highest BCUT2D eigenvalue weighted by molar-refractivity contribution is 7.98. The standard InChI is InChI=1S/C28H38N4O7S/c1-16(2)24(27(37)31-23(28(38)39)15-18-6-10-20(34)11-7-18)32-26(36)22(12-13-40-3)30-25(35)21(29)14-17-4-8-19(33)9-5-17/h4-11,16,21-24,33-34H,12-15,29H2,1-3H3,(H,30,35)(H,31,37)(H,32,36)(H,38,39). The summed E-state index contributed by atoms with van der Waals surface area (Å²) in [6.45, 7) is 3.42. The molecule has 0 bridgehead atoms. The molecule has 218 valence electrons. The SMILES string of the molecule is CSCCC(NC(=O)C(N)Cc1ccc(O)cc1)C(=O)NC(C(=O)NC(Cc1ccc(O)cc1)C(=O)O)C(C)C. The van der Waals surface area contributed by atoms with Gasteiger partial charge < -0.3 is 37.0 Å². The summed E-state index contributed by atoms with van der Waals surface area (Å²) in [6.07, 6.45) is 2.32. The van der Waals surface area contributed by atoms with Crippen molar-refractivity contribution in [3.8, 4) is 11.5 Å². The molecule has 0 spiro atoms. The largest absolute Gasteiger partial charge is 0.508 e. The van der Waals surface area contributed by atoms with E-state index in [4.69, 9.17) is 5.73 Å². The van der Waals surface area contributed by atoms with Gasteiger partial charge in [-0.2, -0.15) is 11.8 Å². The lowest BCUT2D eigenvalue weighted by molar-refractivity contribution is -0.142. The van der Waals surface area contributed by atoms with E-state index in [1.807, 2.05) is 6.26 Å². The van der Waals surface area contributed by atoms with Gasteiger partial charge in [-0.25, -0.2) is 4.79 Å². The van der Waals surface area contributed by atoms with E-state index in [9.17, 15) is 34.5 Å². The number of thioether (sulfide) groups is 1. The van der Waals surface area contributed by atoms with Crippen LogP contribution in [-0.2, 0) is 32.0 Å². The van der Waals surface area contributed by atoms with Crippen molar-refractivity contribution in [1.82, 2.24) is 16.0 Å². The molecule has 40 heavy (non-hydrogen) atoms. The Kier molecular flexibility index (Phi) is 12.8. The summed E-state index contributed by atoms with van der Waals surface area (Å²) in [5, 5.41) is 36.4. The van der Waals surface area contributed by atoms with Gasteiger partial charge in [0, 0.05) is 6.42 Å². The fourth-order valence-electron chi connectivity index (χ4n) is 3.88. The highest BCUT2D eigenvalue weighted by atomic mass is 32.2. The summed E-state index contributed by atoms with van der Waals surface area (Å²) in [6, 6.07) is 8.01. The normalized spacial score (nSPS) is 14.0. The minimum absolute atomic E-state index is 0.0224. The lowest BCUT2D eigenvalue weighted by atomic mass is 10.0. The van der Waals surface area contributed by atoms with Gasteiger partial charge in [0.1, 0.15) is 29.6 Å². The molecule has 0 saturated heterocycles. The van der Waals surface area contributed by atoms with Gasteiger partial charge in [0.05, 0.1) is 6.04 Å². The highest BCUT2D eigenvalue weighted by Gasteiger charge is 2.32. The predicted molar refractivity (Wildman–Crippen MR) is 153 cm³/mol. The van der Waals surface area contributed by atoms with Crippen molar-refractivity contribution in [3.63, 3.8) is 0 Å². The molecule has 0 aliphatic rings. The fraction of sp³-hybridized carbons (Fsp3) is 0.429. The molecule has 2 aromatic carbocycles. The van der Waals surface area contributed by atoms with Gasteiger partial charge in [0.25, 0.3) is 0 Å². The number of hydrogen-bond donors (Lipinski definition) is 7. The van der Waals surface area contributed by atoms with Gasteiger partial charge in [-0.15, -0.1) is 0 Å². The third-order valence-electron chi connectivity index (χ3n) is 6.21. The van der Waals surface area contributed by atoms with Crippen molar-refractivity contribution < 1.29 is 34.5 Å². The van der Waals surface area contributed by atoms with Crippen LogP contribution in [0.25, 0.3) is 0 Å². The van der Waals surface area contributed by atoms with Gasteiger partial charge in [0.15, 0.2) is 0 Å². The Morgan fingerprint density at radius 3 is 1.75 bits per heavy atom. The summed E-state index contributed by atoms with van der Waals surface area (Å²) in [4.78, 5) is 51.0. The molecule has 0 heterocycles. The molecular weight excluding hydrogens is 536 g/mol. The zero-order valence-electron chi connectivity index (χ0n) is 22.8. The number of aliphatic carboxylic acids is 1. The van der Waals surface area contributed by atoms with Crippen LogP contribution in [0, 0.1) is 5.92 Å². The van der Waals surface area contributed by atoms with Crippen molar-refractivity contribution in [2.45, 2.75) is 57.3 Å². The number of benzene rings is 2. The van der Waals surface area contributed by atoms with E-state index >= 15 is 0 Å². The number of nitrogens with one attached hydrogen (secondary N) is 3. The molecule has 0 aliphatic carbocycles. The minimum atomic E-state index is -1.26. The number of hydrogen-bond acceptors (Lipinski definition) is 8. The quantitative estimate of drug-likeness (QED) is 0.164. The smallest absolute Gasteiger partial charge is 0.326 e. The molecule has 3 amide bonds. The van der Waals surface area contributed by atoms with Crippen LogP contribution in [0.1, 0.15) is 31.4 Å². The van der Waals surface area contributed by atoms with E-state index in [-0.39, 0.29) is 36.7 Å². The van der Waals surface area contributed by atoms with Gasteiger partial charge in [-0.05, 0) is 66.2 Å². The van der Waals surface area contributed by atoms with Crippen molar-refractivity contribution in [2.75, 3.05) is 12.0 Å². The number of phenols is 2. The lowest BCUT2D eigenvalue weighted by Gasteiger charge is -2.27. The Balaban J connectivity index is 2.08. The predicted octanol–water partition coefficient (Wildman–Crippen LogP) is 1.16. The maximum absolute atomic E-state index is 13.2. The topological polar surface area (TPSA) is 191 Å². The van der Waals surface area contributed by atoms with Gasteiger partial charge in [-0.1, -0.05) is 38.1 Å². The number of rotatable bonds is 15. The summed E-state index contributed by atoms with van der Waals surface area (Å²) >= 11 is 1.49. The van der Waals surface area contributed by atoms with E-state index in [2.05, 4.69) is 16.0 Å². The van der Waals surface area contributed by atoms with Crippen molar-refractivity contribution >= 4 is 35.5 Å². The first-order valence-electron chi connectivity index (χ1n) is 12.9. The summed E-state index contributed by atoms with van der Waals surface area (Å²) < 4.78 is 0. The Hall–Kier alpha value is -3.77. The van der Waals surface area contributed by atoms with E-state index < -0.39 is 47.9 Å². The number of phenolic OH excluding ortho intramolecular Hbond substituents is 2. The second kappa shape index (κ2) is 15.7. The van der Waals surface area contributed by atoms with E-state index in [1.54, 1.807) is 38.1 Å². The Labute approximate surface area is 237 Å². The van der Waals surface area contributed by atoms with Crippen LogP contribution in [0.2, 0.25) is 0 Å². The first-order chi connectivity index (χ1) is 18.9. The second-order valence-corrected chi connectivity index (χ2v) is 10.8. The number of carboxylic acid groups (broad SMARTS) is 1. The molecule has 2 aromatic rings. The minimum Gasteiger partial charge on any atom is -0.508 e. The summed E-state index contributed by atoms with van der Waals surface area (Å²) in [5.74, 6) is -2.76. The van der Waals surface area contributed by atoms with Crippen LogP contribution in [-0.4, -0.2) is 75.2 Å². The Bertz CT molecular complexity index is 1140. The highest BCUT2D eigenvalue weighted by Crippen LogP contribution is 2.13. The number of amides is 3. The van der Waals surface area contributed by atoms with Crippen LogP contribution in [0.15, 0.2) is 48.5 Å². The molecule has 4 unspecified atom stereocenters. The molecule has 12 heteroatoms. The molecule has 11 nitrogen and oxygen atoms in total. The molecule has 2 rings (SSSR count). The van der Waals surface area contributed by atoms with Crippen LogP contribution >= 0.6 is 11.8 Å². The third kappa shape index (κ3) is 10.4. The molecule has 0 aromatic heterocycles. The molecule has 8 N–H and O–H groups in total. The maximum Gasteiger partial charge on any atom is 0.326 e. The Morgan fingerprint density at radius 2 is 1.27 bits per heavy atom. The molecule has 4 atom stereocenters. The fourth-order valence-corrected chi connectivity index (χ4v) is 4.35. The average Bonchev–Trinajstić information content (AvgIpc) is 2.91. The monoisotopic (exact) mass is 574 g/mol. The van der Waals surface area contributed by atoms with Crippen LogP contribution in [0.5, 0.6) is 11.5 Å². The number of nitrogens with two attached hydrogens (primary N) is 1. The van der Waals surface area contributed by atoms with Crippen LogP contribution in [0.3, 0.4) is 0 Å². The van der Waals surface area contributed by atoms with Gasteiger partial charge in [0.2, 0.25) is 17.7 Å². The first kappa shape index (κ1) is 32.4. The van der Waals surface area contributed by atoms with Crippen molar-refractivity contribution in [3.05, 3.63) is 59.7 Å². The zero-order valence-corrected chi connectivity index (χ0v) is 23.6. The van der Waals surface area contributed by atoms with E-state index in [0.717, 1.165) is 5.56 Å². The van der Waals surface area contributed by atoms with Crippen LogP contribution < -0.4 is 21.7 Å². The van der Waals surface area contributed by atoms with Crippen molar-refractivity contribution in [2.24, 2.45) is 11.7 Å². The van der Waals surface area contributed by atoms with E-state index in [0.29, 0.717) is 11.3 Å². The maximum atomic E-state index is 13.2. The number of carboxylic acids is 1. The van der Waals surface area contributed by atoms with Gasteiger partial charge in [-0.3, -0.25) is 14.4 Å². The molecule has 0 fully saturated rings. The van der Waals surface area contributed by atoms with E-state index in [1.165, 1.54) is 36.0 Å². The molecule has 0 aliphatic heterocycles. The third-order valence-corrected chi connectivity index (χ3v) is 6.85. The number of aromatic hydroxyl groups is 2. The average molecular weight is 575 g/mol. The first-order valence-corrected chi connectivity index (χ1v) is 14.2. The summed E-state index contributed by atoms with van der Waals surface area (Å²) in [7, 11) is 0. The molecule has 0 saturated carbocycles. The number of carbonyl (C=O) groups excluding carboxylic acids is 3. The van der Waals surface area contributed by atoms with Crippen LogP contribution in [0.4, 0.5) is 0 Å². The Morgan fingerprint density at radius 1 is 0.775 bits per heavy atom. The second-order valence-electron chi connectivity index (χ2n) is 9.82. The lowest BCUT2D eigenvalue weighted by Crippen LogP contribution is -2.58.